The van der Waals surface area contributed by atoms with Gasteiger partial charge in [0, 0.05) is 24.4 Å². The zero-order valence-corrected chi connectivity index (χ0v) is 20.5. The number of ether oxygens (including phenoxy) is 1. The zero-order chi connectivity index (χ0) is 26.0. The number of benzene rings is 3. The summed E-state index contributed by atoms with van der Waals surface area (Å²) in [5.41, 5.74) is 4.08. The average Bonchev–Trinajstić information content (AvgIpc) is 2.93. The number of nitrogens with one attached hydrogen (secondary N) is 2. The van der Waals surface area contributed by atoms with Crippen LogP contribution in [0.2, 0.25) is 0 Å². The van der Waals surface area contributed by atoms with Crippen molar-refractivity contribution in [3.05, 3.63) is 135 Å². The Balaban J connectivity index is 1.40. The van der Waals surface area contributed by atoms with E-state index in [1.165, 1.54) is 6.07 Å². The average molecular weight is 497 g/mol. The topological polar surface area (TPSA) is 106 Å². The highest BCUT2D eigenvalue weighted by molar-refractivity contribution is 5.95. The molecule has 0 radical (unpaired) electrons. The minimum atomic E-state index is -0.496. The summed E-state index contributed by atoms with van der Waals surface area (Å²) in [4.78, 5) is 28.4. The number of anilines is 1. The molecule has 0 aliphatic heterocycles. The van der Waals surface area contributed by atoms with Crippen LogP contribution in [0.1, 0.15) is 45.7 Å². The Bertz CT molecular complexity index is 1350. The predicted octanol–water partition coefficient (Wildman–Crippen LogP) is 5.81. The van der Waals surface area contributed by atoms with Crippen LogP contribution in [0.5, 0.6) is 0 Å². The molecule has 1 atom stereocenters. The Morgan fingerprint density at radius 1 is 0.946 bits per heavy atom. The third-order valence-electron chi connectivity index (χ3n) is 5.89. The summed E-state index contributed by atoms with van der Waals surface area (Å²) in [6, 6.07) is 27.3. The van der Waals surface area contributed by atoms with Crippen LogP contribution in [0.15, 0.2) is 97.2 Å². The number of carbonyl (C=O) groups is 1. The summed E-state index contributed by atoms with van der Waals surface area (Å²) < 4.78 is 5.86. The summed E-state index contributed by atoms with van der Waals surface area (Å²) in [5, 5.41) is 17.7. The molecule has 4 rings (SSSR count). The van der Waals surface area contributed by atoms with Crippen LogP contribution in [-0.2, 0) is 24.5 Å². The SMILES string of the molecule is CC(Nc1ccc(C(=O)NCc2ccccc2COCc2ccccc2)cc1[N+](=O)[O-])c1ccccn1. The Kier molecular flexibility index (Phi) is 8.57. The molecule has 0 saturated carbocycles. The van der Waals surface area contributed by atoms with Crippen molar-refractivity contribution >= 4 is 17.3 Å². The molecule has 1 unspecified atom stereocenters. The lowest BCUT2D eigenvalue weighted by Gasteiger charge is -2.15. The third kappa shape index (κ3) is 6.99. The van der Waals surface area contributed by atoms with Crippen molar-refractivity contribution in [1.82, 2.24) is 10.3 Å². The molecule has 8 heteroatoms. The van der Waals surface area contributed by atoms with E-state index in [2.05, 4.69) is 15.6 Å². The molecule has 1 heterocycles. The van der Waals surface area contributed by atoms with Gasteiger partial charge in [0.05, 0.1) is 29.9 Å². The number of aromatic nitrogens is 1. The van der Waals surface area contributed by atoms with Gasteiger partial charge in [-0.1, -0.05) is 60.7 Å². The second-order valence-corrected chi connectivity index (χ2v) is 8.54. The minimum Gasteiger partial charge on any atom is -0.372 e. The van der Waals surface area contributed by atoms with Gasteiger partial charge in [0.25, 0.3) is 11.6 Å². The van der Waals surface area contributed by atoms with Gasteiger partial charge in [-0.05, 0) is 47.9 Å². The van der Waals surface area contributed by atoms with Crippen molar-refractivity contribution in [1.29, 1.82) is 0 Å². The first-order chi connectivity index (χ1) is 18.0. The van der Waals surface area contributed by atoms with Crippen LogP contribution in [0.4, 0.5) is 11.4 Å². The van der Waals surface area contributed by atoms with Gasteiger partial charge < -0.3 is 15.4 Å². The Morgan fingerprint density at radius 2 is 1.68 bits per heavy atom. The fourth-order valence-electron chi connectivity index (χ4n) is 3.89. The van der Waals surface area contributed by atoms with Crippen LogP contribution >= 0.6 is 0 Å². The first-order valence-electron chi connectivity index (χ1n) is 11.9. The molecule has 0 aliphatic carbocycles. The lowest BCUT2D eigenvalue weighted by atomic mass is 10.1. The molecule has 0 fully saturated rings. The van der Waals surface area contributed by atoms with Gasteiger partial charge in [0.1, 0.15) is 5.69 Å². The van der Waals surface area contributed by atoms with Gasteiger partial charge in [-0.3, -0.25) is 19.9 Å². The summed E-state index contributed by atoms with van der Waals surface area (Å²) >= 11 is 0. The molecule has 0 bridgehead atoms. The van der Waals surface area contributed by atoms with E-state index in [9.17, 15) is 14.9 Å². The molecule has 0 spiro atoms. The normalized spacial score (nSPS) is 11.5. The number of pyridine rings is 1. The number of nitrogens with zero attached hydrogens (tertiary/aromatic N) is 2. The highest BCUT2D eigenvalue weighted by Crippen LogP contribution is 2.29. The maximum absolute atomic E-state index is 12.9. The van der Waals surface area contributed by atoms with E-state index >= 15 is 0 Å². The molecule has 3 aromatic carbocycles. The van der Waals surface area contributed by atoms with E-state index in [1.54, 1.807) is 18.3 Å². The first kappa shape index (κ1) is 25.5. The van der Waals surface area contributed by atoms with Crippen LogP contribution < -0.4 is 10.6 Å². The molecule has 8 nitrogen and oxygen atoms in total. The van der Waals surface area contributed by atoms with E-state index in [-0.39, 0.29) is 23.8 Å². The quantitative estimate of drug-likeness (QED) is 0.200. The van der Waals surface area contributed by atoms with Gasteiger partial charge in [-0.2, -0.15) is 0 Å². The fraction of sp³-hybridized carbons (Fsp3) is 0.172. The van der Waals surface area contributed by atoms with Crippen molar-refractivity contribution in [2.45, 2.75) is 32.7 Å². The van der Waals surface area contributed by atoms with Crippen LogP contribution in [0.25, 0.3) is 0 Å². The highest BCUT2D eigenvalue weighted by atomic mass is 16.6. The molecule has 188 valence electrons. The highest BCUT2D eigenvalue weighted by Gasteiger charge is 2.20. The number of hydrogen-bond acceptors (Lipinski definition) is 6. The maximum atomic E-state index is 12.9. The minimum absolute atomic E-state index is 0.176. The Labute approximate surface area is 215 Å². The van der Waals surface area contributed by atoms with Crippen molar-refractivity contribution in [2.75, 3.05) is 5.32 Å². The lowest BCUT2D eigenvalue weighted by Crippen LogP contribution is -2.23. The first-order valence-corrected chi connectivity index (χ1v) is 11.9. The fourth-order valence-corrected chi connectivity index (χ4v) is 3.89. The van der Waals surface area contributed by atoms with Crippen LogP contribution in [0.3, 0.4) is 0 Å². The Morgan fingerprint density at radius 3 is 2.41 bits per heavy atom. The largest absolute Gasteiger partial charge is 0.372 e. The van der Waals surface area contributed by atoms with Crippen molar-refractivity contribution in [3.8, 4) is 0 Å². The summed E-state index contributed by atoms with van der Waals surface area (Å²) in [5.74, 6) is -0.396. The van der Waals surface area contributed by atoms with E-state index in [0.717, 1.165) is 22.4 Å². The molecule has 1 aromatic heterocycles. The maximum Gasteiger partial charge on any atom is 0.293 e. The second kappa shape index (κ2) is 12.4. The van der Waals surface area contributed by atoms with E-state index in [1.807, 2.05) is 79.7 Å². The lowest BCUT2D eigenvalue weighted by molar-refractivity contribution is -0.384. The van der Waals surface area contributed by atoms with Crippen LogP contribution in [-0.4, -0.2) is 15.8 Å². The van der Waals surface area contributed by atoms with Gasteiger partial charge in [0.15, 0.2) is 0 Å². The molecular formula is C29H28N4O4. The molecule has 0 aliphatic rings. The van der Waals surface area contributed by atoms with Crippen molar-refractivity contribution < 1.29 is 14.5 Å². The molecule has 1 amide bonds. The van der Waals surface area contributed by atoms with Crippen molar-refractivity contribution in [2.24, 2.45) is 0 Å². The van der Waals surface area contributed by atoms with E-state index in [0.29, 0.717) is 18.9 Å². The Hall–Kier alpha value is -4.56. The number of carbonyl (C=O) groups excluding carboxylic acids is 1. The third-order valence-corrected chi connectivity index (χ3v) is 5.89. The van der Waals surface area contributed by atoms with Gasteiger partial charge in [0.2, 0.25) is 0 Å². The van der Waals surface area contributed by atoms with E-state index in [4.69, 9.17) is 4.74 Å². The standard InChI is InChI=1S/C29H28N4O4/c1-21(26-13-7-8-16-30-26)32-27-15-14-23(17-28(27)33(35)36)29(34)31-18-24-11-5-6-12-25(24)20-37-19-22-9-3-2-4-10-22/h2-17,21,32H,18-20H2,1H3,(H,31,34). The van der Waals surface area contributed by atoms with Gasteiger partial charge in [-0.15, -0.1) is 0 Å². The molecule has 0 saturated heterocycles. The smallest absolute Gasteiger partial charge is 0.293 e. The second-order valence-electron chi connectivity index (χ2n) is 8.54. The van der Waals surface area contributed by atoms with Gasteiger partial charge in [-0.25, -0.2) is 0 Å². The monoisotopic (exact) mass is 496 g/mol. The number of rotatable bonds is 11. The predicted molar refractivity (Wildman–Crippen MR) is 142 cm³/mol. The molecule has 2 N–H and O–H groups in total. The number of nitro benzene ring substituents is 1. The summed E-state index contributed by atoms with van der Waals surface area (Å²) in [6.45, 7) is 3.04. The summed E-state index contributed by atoms with van der Waals surface area (Å²) in [6.07, 6.45) is 1.67. The molecular weight excluding hydrogens is 468 g/mol. The van der Waals surface area contributed by atoms with Crippen LogP contribution in [0, 0.1) is 10.1 Å². The number of amides is 1. The van der Waals surface area contributed by atoms with Gasteiger partial charge >= 0.3 is 0 Å². The summed E-state index contributed by atoms with van der Waals surface area (Å²) in [7, 11) is 0. The molecule has 37 heavy (non-hydrogen) atoms. The molecule has 4 aromatic rings. The zero-order valence-electron chi connectivity index (χ0n) is 20.5. The van der Waals surface area contributed by atoms with E-state index < -0.39 is 10.8 Å². The number of hydrogen-bond donors (Lipinski definition) is 2. The van der Waals surface area contributed by atoms with Crippen molar-refractivity contribution in [3.63, 3.8) is 0 Å². The number of nitro groups is 1.